The molecule has 2 heterocycles. The zero-order valence-electron chi connectivity index (χ0n) is 10.2. The number of halogens is 1. The van der Waals surface area contributed by atoms with Crippen LogP contribution in [0.2, 0.25) is 0 Å². The minimum Gasteiger partial charge on any atom is -0.336 e. The summed E-state index contributed by atoms with van der Waals surface area (Å²) in [6, 6.07) is 4.16. The molecule has 0 aliphatic carbocycles. The van der Waals surface area contributed by atoms with Crippen molar-refractivity contribution in [3.63, 3.8) is 0 Å². The summed E-state index contributed by atoms with van der Waals surface area (Å²) in [5.74, 6) is -0.978. The molecular formula is C12H13FN4O. The molecule has 0 aromatic carbocycles. The Balaban J connectivity index is 2.09. The molecule has 0 bridgehead atoms. The third kappa shape index (κ3) is 2.71. The monoisotopic (exact) mass is 248 g/mol. The number of hydrogen-bond donors (Lipinski definition) is 0. The molecule has 0 atom stereocenters. The lowest BCUT2D eigenvalue weighted by Gasteiger charge is -2.15. The molecule has 94 valence electrons. The van der Waals surface area contributed by atoms with Crippen molar-refractivity contribution in [1.82, 2.24) is 19.7 Å². The maximum atomic E-state index is 12.9. The lowest BCUT2D eigenvalue weighted by atomic mass is 10.3. The average molecular weight is 248 g/mol. The molecule has 0 aliphatic rings. The molecule has 0 N–H and O–H groups in total. The predicted molar refractivity (Wildman–Crippen MR) is 63.2 cm³/mol. The number of carbonyl (C=O) groups excluding carboxylic acids is 1. The van der Waals surface area contributed by atoms with Crippen LogP contribution in [0.1, 0.15) is 16.1 Å². The molecule has 0 unspecified atom stereocenters. The Morgan fingerprint density at radius 1 is 1.50 bits per heavy atom. The first-order valence-electron chi connectivity index (χ1n) is 5.42. The number of rotatable bonds is 3. The van der Waals surface area contributed by atoms with E-state index in [-0.39, 0.29) is 11.6 Å². The molecule has 0 aliphatic heterocycles. The molecule has 2 rings (SSSR count). The minimum absolute atomic E-state index is 0.0985. The van der Waals surface area contributed by atoms with Gasteiger partial charge in [0.1, 0.15) is 5.69 Å². The van der Waals surface area contributed by atoms with Gasteiger partial charge in [-0.2, -0.15) is 9.49 Å². The molecule has 2 aromatic rings. The van der Waals surface area contributed by atoms with Crippen molar-refractivity contribution in [1.29, 1.82) is 0 Å². The van der Waals surface area contributed by atoms with Gasteiger partial charge >= 0.3 is 0 Å². The molecule has 5 nitrogen and oxygen atoms in total. The molecule has 0 spiro atoms. The van der Waals surface area contributed by atoms with E-state index >= 15 is 0 Å². The Kier molecular flexibility index (Phi) is 3.36. The summed E-state index contributed by atoms with van der Waals surface area (Å²) in [6.07, 6.45) is 3.51. The van der Waals surface area contributed by atoms with Crippen LogP contribution in [-0.4, -0.2) is 32.6 Å². The lowest BCUT2D eigenvalue weighted by molar-refractivity contribution is 0.0778. The van der Waals surface area contributed by atoms with E-state index in [4.69, 9.17) is 0 Å². The van der Waals surface area contributed by atoms with Crippen molar-refractivity contribution >= 4 is 5.91 Å². The smallest absolute Gasteiger partial charge is 0.272 e. The van der Waals surface area contributed by atoms with Crippen molar-refractivity contribution < 1.29 is 9.18 Å². The van der Waals surface area contributed by atoms with Gasteiger partial charge < -0.3 is 4.90 Å². The number of aromatic nitrogens is 3. The van der Waals surface area contributed by atoms with Crippen LogP contribution in [0.15, 0.2) is 30.6 Å². The first kappa shape index (κ1) is 12.2. The molecule has 0 fully saturated rings. The van der Waals surface area contributed by atoms with Gasteiger partial charge in [-0.3, -0.25) is 9.48 Å². The number of hydrogen-bond acceptors (Lipinski definition) is 3. The van der Waals surface area contributed by atoms with Crippen LogP contribution in [0.5, 0.6) is 0 Å². The fraction of sp³-hybridized carbons (Fsp3) is 0.250. The molecule has 2 aromatic heterocycles. The van der Waals surface area contributed by atoms with Crippen molar-refractivity contribution in [2.45, 2.75) is 6.54 Å². The van der Waals surface area contributed by atoms with Crippen molar-refractivity contribution in [3.05, 3.63) is 47.8 Å². The maximum absolute atomic E-state index is 12.9. The SMILES string of the molecule is CN(Cc1cnn(C)c1)C(=O)c1cccc(F)n1. The lowest BCUT2D eigenvalue weighted by Crippen LogP contribution is -2.27. The van der Waals surface area contributed by atoms with E-state index < -0.39 is 5.95 Å². The quantitative estimate of drug-likeness (QED) is 0.767. The van der Waals surface area contributed by atoms with Gasteiger partial charge in [0.05, 0.1) is 6.20 Å². The maximum Gasteiger partial charge on any atom is 0.272 e. The Labute approximate surface area is 104 Å². The van der Waals surface area contributed by atoms with Crippen LogP contribution in [0.25, 0.3) is 0 Å². The second kappa shape index (κ2) is 4.95. The summed E-state index contributed by atoms with van der Waals surface area (Å²) in [4.78, 5) is 17.0. The van der Waals surface area contributed by atoms with Crippen LogP contribution >= 0.6 is 0 Å². The average Bonchev–Trinajstić information content (AvgIpc) is 2.73. The third-order valence-corrected chi connectivity index (χ3v) is 2.46. The topological polar surface area (TPSA) is 51.0 Å². The molecule has 0 radical (unpaired) electrons. The van der Waals surface area contributed by atoms with Gasteiger partial charge in [-0.1, -0.05) is 6.07 Å². The number of carbonyl (C=O) groups is 1. The normalized spacial score (nSPS) is 10.4. The highest BCUT2D eigenvalue weighted by Crippen LogP contribution is 2.06. The number of amides is 1. The van der Waals surface area contributed by atoms with Crippen molar-refractivity contribution in [2.75, 3.05) is 7.05 Å². The summed E-state index contributed by atoms with van der Waals surface area (Å²) >= 11 is 0. The zero-order valence-corrected chi connectivity index (χ0v) is 10.2. The van der Waals surface area contributed by atoms with Gasteiger partial charge in [-0.25, -0.2) is 4.98 Å². The molecule has 18 heavy (non-hydrogen) atoms. The summed E-state index contributed by atoms with van der Waals surface area (Å²) in [7, 11) is 3.45. The highest BCUT2D eigenvalue weighted by atomic mass is 19.1. The van der Waals surface area contributed by atoms with E-state index in [1.54, 1.807) is 25.0 Å². The second-order valence-electron chi connectivity index (χ2n) is 4.03. The standard InChI is InChI=1S/C12H13FN4O/c1-16(7-9-6-14-17(2)8-9)12(18)10-4-3-5-11(13)15-10/h3-6,8H,7H2,1-2H3. The Hall–Kier alpha value is -2.24. The molecule has 6 heteroatoms. The van der Waals surface area contributed by atoms with Crippen LogP contribution in [0.3, 0.4) is 0 Å². The van der Waals surface area contributed by atoms with E-state index in [0.29, 0.717) is 6.54 Å². The predicted octanol–water partition coefficient (Wildman–Crippen LogP) is 1.23. The Morgan fingerprint density at radius 2 is 2.28 bits per heavy atom. The highest BCUT2D eigenvalue weighted by molar-refractivity contribution is 5.91. The van der Waals surface area contributed by atoms with Crippen molar-refractivity contribution in [2.24, 2.45) is 7.05 Å². The van der Waals surface area contributed by atoms with Crippen LogP contribution < -0.4 is 0 Å². The number of aryl methyl sites for hydroxylation is 1. The fourth-order valence-corrected chi connectivity index (χ4v) is 1.62. The molecule has 0 saturated carbocycles. The highest BCUT2D eigenvalue weighted by Gasteiger charge is 2.14. The molecule has 0 saturated heterocycles. The summed E-state index contributed by atoms with van der Waals surface area (Å²) in [6.45, 7) is 0.408. The molecular weight excluding hydrogens is 235 g/mol. The number of pyridine rings is 1. The summed E-state index contributed by atoms with van der Waals surface area (Å²) in [5, 5.41) is 4.02. The van der Waals surface area contributed by atoms with Gasteiger partial charge in [0.2, 0.25) is 5.95 Å². The van der Waals surface area contributed by atoms with Gasteiger partial charge in [0.15, 0.2) is 0 Å². The van der Waals surface area contributed by atoms with E-state index in [0.717, 1.165) is 5.56 Å². The van der Waals surface area contributed by atoms with Gasteiger partial charge in [-0.05, 0) is 12.1 Å². The van der Waals surface area contributed by atoms with E-state index in [1.165, 1.54) is 23.1 Å². The fourth-order valence-electron chi connectivity index (χ4n) is 1.62. The minimum atomic E-state index is -0.657. The van der Waals surface area contributed by atoms with E-state index in [2.05, 4.69) is 10.1 Å². The molecule has 1 amide bonds. The first-order valence-corrected chi connectivity index (χ1v) is 5.42. The van der Waals surface area contributed by atoms with Gasteiger partial charge in [-0.15, -0.1) is 0 Å². The van der Waals surface area contributed by atoms with Gasteiger partial charge in [0, 0.05) is 32.4 Å². The van der Waals surface area contributed by atoms with Gasteiger partial charge in [0.25, 0.3) is 5.91 Å². The number of nitrogens with zero attached hydrogens (tertiary/aromatic N) is 4. The summed E-state index contributed by atoms with van der Waals surface area (Å²) in [5.41, 5.74) is 1.01. The Morgan fingerprint density at radius 3 is 2.89 bits per heavy atom. The van der Waals surface area contributed by atoms with Crippen molar-refractivity contribution in [3.8, 4) is 0 Å². The van der Waals surface area contributed by atoms with Crippen LogP contribution in [0, 0.1) is 5.95 Å². The zero-order chi connectivity index (χ0) is 13.1. The van der Waals surface area contributed by atoms with E-state index in [1.807, 2.05) is 6.20 Å². The first-order chi connectivity index (χ1) is 8.56. The van der Waals surface area contributed by atoms with Crippen LogP contribution in [-0.2, 0) is 13.6 Å². The van der Waals surface area contributed by atoms with E-state index in [9.17, 15) is 9.18 Å². The van der Waals surface area contributed by atoms with Crippen LogP contribution in [0.4, 0.5) is 4.39 Å². The summed E-state index contributed by atoms with van der Waals surface area (Å²) < 4.78 is 14.6. The second-order valence-corrected chi connectivity index (χ2v) is 4.03. The third-order valence-electron chi connectivity index (χ3n) is 2.46. The Bertz CT molecular complexity index is 567. The largest absolute Gasteiger partial charge is 0.336 e.